The molecule has 0 fully saturated rings. The first-order valence-corrected chi connectivity index (χ1v) is 15.6. The van der Waals surface area contributed by atoms with Crippen molar-refractivity contribution in [2.75, 3.05) is 16.5 Å². The normalized spacial score (nSPS) is 13.2. The number of para-hydroxylation sites is 1. The number of pyridine rings is 1. The van der Waals surface area contributed by atoms with Gasteiger partial charge in [-0.3, -0.25) is 0 Å². The average molecular weight is 598 g/mol. The van der Waals surface area contributed by atoms with Gasteiger partial charge in [0.05, 0.1) is 11.4 Å². The summed E-state index contributed by atoms with van der Waals surface area (Å²) in [6.07, 6.45) is 1.80. The molecule has 0 N–H and O–H groups in total. The van der Waals surface area contributed by atoms with E-state index in [1.807, 2.05) is 36.4 Å². The first kappa shape index (κ1) is 30.3. The summed E-state index contributed by atoms with van der Waals surface area (Å²) in [6.45, 7) is 18.3. The topological polar surface area (TPSA) is 37.8 Å². The van der Waals surface area contributed by atoms with Crippen molar-refractivity contribution in [2.24, 2.45) is 0 Å². The number of benzene rings is 4. The number of nitrogens with zero attached hydrogens (tertiary/aromatic N) is 3. The van der Waals surface area contributed by atoms with Gasteiger partial charge in [-0.1, -0.05) is 65.8 Å². The van der Waals surface area contributed by atoms with E-state index in [1.54, 1.807) is 6.20 Å². The van der Waals surface area contributed by atoms with Crippen LogP contribution in [0.4, 0.5) is 22.7 Å². The zero-order valence-electron chi connectivity index (χ0n) is 27.7. The molecule has 0 unspecified atom stereocenters. The van der Waals surface area contributed by atoms with E-state index in [-0.39, 0.29) is 10.8 Å². The fraction of sp³-hybridized carbons (Fsp3) is 0.275. The van der Waals surface area contributed by atoms with Gasteiger partial charge in [-0.15, -0.1) is 0 Å². The van der Waals surface area contributed by atoms with E-state index in [9.17, 15) is 0 Å². The Hall–Kier alpha value is -4.77. The zero-order chi connectivity index (χ0) is 31.9. The van der Waals surface area contributed by atoms with Crippen LogP contribution in [0.25, 0.3) is 0 Å². The predicted molar refractivity (Wildman–Crippen MR) is 186 cm³/mol. The van der Waals surface area contributed by atoms with E-state index in [4.69, 9.17) is 9.47 Å². The first-order chi connectivity index (χ1) is 21.3. The van der Waals surface area contributed by atoms with Crippen LogP contribution in [-0.4, -0.2) is 11.7 Å². The van der Waals surface area contributed by atoms with E-state index in [2.05, 4.69) is 131 Å². The summed E-state index contributed by atoms with van der Waals surface area (Å²) < 4.78 is 12.8. The Labute approximate surface area is 268 Å². The van der Waals surface area contributed by atoms with Gasteiger partial charge in [-0.25, -0.2) is 4.98 Å². The zero-order valence-corrected chi connectivity index (χ0v) is 27.7. The molecule has 0 saturated heterocycles. The van der Waals surface area contributed by atoms with Crippen LogP contribution in [0.3, 0.4) is 0 Å². The Morgan fingerprint density at radius 2 is 1.18 bits per heavy atom. The average Bonchev–Trinajstić information content (AvgIpc) is 3.35. The lowest BCUT2D eigenvalue weighted by Gasteiger charge is -2.26. The summed E-state index contributed by atoms with van der Waals surface area (Å²) in [5.74, 6) is 2.73. The van der Waals surface area contributed by atoms with Crippen molar-refractivity contribution in [2.45, 2.75) is 66.2 Å². The predicted octanol–water partition coefficient (Wildman–Crippen LogP) is 11.1. The van der Waals surface area contributed by atoms with Crippen LogP contribution >= 0.6 is 0 Å². The monoisotopic (exact) mass is 597 g/mol. The smallest absolute Gasteiger partial charge is 0.219 e. The molecule has 0 radical (unpaired) electrons. The Morgan fingerprint density at radius 1 is 0.556 bits per heavy atom. The second kappa shape index (κ2) is 11.6. The Balaban J connectivity index is 1.34. The van der Waals surface area contributed by atoms with Crippen LogP contribution in [0.1, 0.15) is 63.8 Å². The number of aryl methyl sites for hydroxylation is 2. The van der Waals surface area contributed by atoms with Crippen molar-refractivity contribution in [1.29, 1.82) is 0 Å². The molecule has 45 heavy (non-hydrogen) atoms. The number of rotatable bonds is 6. The van der Waals surface area contributed by atoms with E-state index in [0.717, 1.165) is 11.4 Å². The van der Waals surface area contributed by atoms with Crippen molar-refractivity contribution in [3.63, 3.8) is 0 Å². The molecular formula is C40H43N3O2. The van der Waals surface area contributed by atoms with Gasteiger partial charge in [0.1, 0.15) is 23.9 Å². The minimum Gasteiger partial charge on any atom is -0.457 e. The molecule has 0 saturated carbocycles. The maximum atomic E-state index is 6.57. The van der Waals surface area contributed by atoms with Gasteiger partial charge in [0.2, 0.25) is 5.88 Å². The second-order valence-corrected chi connectivity index (χ2v) is 14.0. The molecule has 5 aromatic rings. The number of aromatic nitrogens is 1. The van der Waals surface area contributed by atoms with Crippen molar-refractivity contribution < 1.29 is 9.47 Å². The minimum atomic E-state index is -0.0757. The highest BCUT2D eigenvalue weighted by Gasteiger charge is 2.30. The number of fused-ring (bicyclic) bond motifs is 1. The summed E-state index contributed by atoms with van der Waals surface area (Å²) in [7, 11) is 0. The van der Waals surface area contributed by atoms with Crippen molar-refractivity contribution >= 4 is 22.7 Å². The van der Waals surface area contributed by atoms with Gasteiger partial charge < -0.3 is 19.3 Å². The molecule has 2 heterocycles. The van der Waals surface area contributed by atoms with E-state index in [1.165, 1.54) is 39.3 Å². The molecule has 1 aromatic heterocycles. The van der Waals surface area contributed by atoms with Gasteiger partial charge >= 0.3 is 0 Å². The molecule has 1 aliphatic rings. The summed E-state index contributed by atoms with van der Waals surface area (Å²) in [5.41, 5.74) is 9.54. The van der Waals surface area contributed by atoms with Crippen LogP contribution < -0.4 is 19.3 Å². The number of anilines is 4. The fourth-order valence-corrected chi connectivity index (χ4v) is 5.58. The van der Waals surface area contributed by atoms with Gasteiger partial charge in [-0.2, -0.15) is 0 Å². The molecule has 5 nitrogen and oxygen atoms in total. The lowest BCUT2D eigenvalue weighted by molar-refractivity contribution is 0.445. The van der Waals surface area contributed by atoms with E-state index < -0.39 is 0 Å². The van der Waals surface area contributed by atoms with Gasteiger partial charge in [0.15, 0.2) is 0 Å². The lowest BCUT2D eigenvalue weighted by atomic mass is 9.86. The van der Waals surface area contributed by atoms with E-state index >= 15 is 0 Å². The van der Waals surface area contributed by atoms with Crippen molar-refractivity contribution in [3.05, 3.63) is 126 Å². The molecule has 230 valence electrons. The van der Waals surface area contributed by atoms with Crippen LogP contribution in [0.5, 0.6) is 23.1 Å². The third kappa shape index (κ3) is 6.53. The van der Waals surface area contributed by atoms with E-state index in [0.29, 0.717) is 24.0 Å². The minimum absolute atomic E-state index is 0.00724. The SMILES string of the molecule is Cc1cc2c(cc1C)N(c1cc(Oc3cccc(Oc4cc(C(C)(C)C)ccn4)c3)cc(C(C)(C)C)c1)CN2c1ccccc1. The largest absolute Gasteiger partial charge is 0.457 e. The molecular weight excluding hydrogens is 554 g/mol. The van der Waals surface area contributed by atoms with Crippen LogP contribution in [-0.2, 0) is 10.8 Å². The third-order valence-electron chi connectivity index (χ3n) is 8.46. The Bertz CT molecular complexity index is 1830. The number of hydrogen-bond donors (Lipinski definition) is 0. The maximum absolute atomic E-state index is 6.57. The highest BCUT2D eigenvalue weighted by molar-refractivity contribution is 5.88. The number of ether oxygens (including phenoxy) is 2. The highest BCUT2D eigenvalue weighted by atomic mass is 16.5. The molecule has 0 atom stereocenters. The quantitative estimate of drug-likeness (QED) is 0.195. The standard InChI is InChI=1S/C40H43N3O2/c1-27-19-36-37(20-28(27)2)43(26-42(36)31-13-10-9-11-14-31)32-21-30(40(6,7)8)22-35(24-32)44-33-15-12-16-34(25-33)45-38-23-29(17-18-41-38)39(3,4)5/h9-25H,26H2,1-8H3. The third-order valence-corrected chi connectivity index (χ3v) is 8.46. The van der Waals surface area contributed by atoms with Gasteiger partial charge in [-0.05, 0) is 102 Å². The van der Waals surface area contributed by atoms with Crippen molar-refractivity contribution in [3.8, 4) is 23.1 Å². The first-order valence-electron chi connectivity index (χ1n) is 15.6. The molecule has 6 rings (SSSR count). The summed E-state index contributed by atoms with van der Waals surface area (Å²) in [5, 5.41) is 0. The summed E-state index contributed by atoms with van der Waals surface area (Å²) in [4.78, 5) is 9.22. The van der Waals surface area contributed by atoms with Crippen LogP contribution in [0, 0.1) is 13.8 Å². The van der Waals surface area contributed by atoms with Crippen molar-refractivity contribution in [1.82, 2.24) is 4.98 Å². The number of hydrogen-bond acceptors (Lipinski definition) is 5. The molecule has 1 aliphatic heterocycles. The molecule has 0 bridgehead atoms. The molecule has 4 aromatic carbocycles. The molecule has 5 heteroatoms. The molecule has 0 spiro atoms. The molecule has 0 amide bonds. The van der Waals surface area contributed by atoms with Crippen LogP contribution in [0.15, 0.2) is 103 Å². The fourth-order valence-electron chi connectivity index (χ4n) is 5.58. The summed E-state index contributed by atoms with van der Waals surface area (Å²) >= 11 is 0. The maximum Gasteiger partial charge on any atom is 0.219 e. The van der Waals surface area contributed by atoms with Gasteiger partial charge in [0, 0.05) is 35.8 Å². The summed E-state index contributed by atoms with van der Waals surface area (Å²) in [6, 6.07) is 33.6. The highest BCUT2D eigenvalue weighted by Crippen LogP contribution is 2.47. The molecule has 0 aliphatic carbocycles. The Kier molecular flexibility index (Phi) is 7.82. The van der Waals surface area contributed by atoms with Gasteiger partial charge in [0.25, 0.3) is 0 Å². The lowest BCUT2D eigenvalue weighted by Crippen LogP contribution is -2.24. The van der Waals surface area contributed by atoms with Crippen LogP contribution in [0.2, 0.25) is 0 Å². The second-order valence-electron chi connectivity index (χ2n) is 14.0. The Morgan fingerprint density at radius 3 is 1.82 bits per heavy atom.